The monoisotopic (exact) mass is 469 g/mol. The molecule has 1 aliphatic heterocycles. The highest BCUT2D eigenvalue weighted by atomic mass is 32.2. The van der Waals surface area contributed by atoms with Gasteiger partial charge in [-0.2, -0.15) is 9.40 Å². The first-order valence-electron chi connectivity index (χ1n) is 10.8. The van der Waals surface area contributed by atoms with E-state index in [2.05, 4.69) is 34.2 Å². The first-order valence-corrected chi connectivity index (χ1v) is 12.2. The zero-order chi connectivity index (χ0) is 23.4. The number of pyridine rings is 1. The summed E-state index contributed by atoms with van der Waals surface area (Å²) in [6, 6.07) is 10.4. The summed E-state index contributed by atoms with van der Waals surface area (Å²) >= 11 is 0. The van der Waals surface area contributed by atoms with E-state index in [1.165, 1.54) is 10.6 Å². The molecule has 33 heavy (non-hydrogen) atoms. The summed E-state index contributed by atoms with van der Waals surface area (Å²) in [4.78, 5) is 22.8. The van der Waals surface area contributed by atoms with Crippen molar-refractivity contribution in [3.63, 3.8) is 0 Å². The Balaban J connectivity index is 1.34. The quantitative estimate of drug-likeness (QED) is 0.591. The molecule has 1 saturated heterocycles. The summed E-state index contributed by atoms with van der Waals surface area (Å²) in [6.45, 7) is 5.53. The molecule has 1 fully saturated rings. The van der Waals surface area contributed by atoms with Crippen molar-refractivity contribution in [1.82, 2.24) is 34.3 Å². The molecule has 11 heteroatoms. The Kier molecular flexibility index (Phi) is 6.70. The van der Waals surface area contributed by atoms with Gasteiger partial charge in [-0.3, -0.25) is 0 Å². The molecule has 0 unspecified atom stereocenters. The second-order valence-electron chi connectivity index (χ2n) is 8.10. The lowest BCUT2D eigenvalue weighted by atomic mass is 10.0. The van der Waals surface area contributed by atoms with Gasteiger partial charge in [-0.25, -0.2) is 27.9 Å². The third-order valence-electron chi connectivity index (χ3n) is 5.64. The van der Waals surface area contributed by atoms with Crippen LogP contribution in [0.4, 0.5) is 4.79 Å². The summed E-state index contributed by atoms with van der Waals surface area (Å²) in [5.74, 6) is 0.928. The van der Waals surface area contributed by atoms with Gasteiger partial charge in [-0.15, -0.1) is 0 Å². The third-order valence-corrected chi connectivity index (χ3v) is 7.56. The van der Waals surface area contributed by atoms with E-state index in [1.54, 1.807) is 40.3 Å². The number of benzene rings is 1. The number of nitrogens with zero attached hydrogens (tertiary/aromatic N) is 6. The van der Waals surface area contributed by atoms with Crippen molar-refractivity contribution in [1.29, 1.82) is 0 Å². The van der Waals surface area contributed by atoms with Gasteiger partial charge in [0.15, 0.2) is 5.82 Å². The SMILES string of the molecule is CC(C)c1ccc(S(=O)(=O)N2CCN(C(=O)NCc3cccnc3-n3cncn3)CC2)cc1. The molecule has 4 rings (SSSR count). The number of hydrogen-bond acceptors (Lipinski definition) is 6. The standard InChI is InChI=1S/C22H27N7O3S/c1-17(2)18-5-7-20(8-6-18)33(31,32)28-12-10-27(11-13-28)22(30)25-14-19-4-3-9-24-21(19)29-16-23-15-26-29/h3-9,15-17H,10-14H2,1-2H3,(H,25,30). The van der Waals surface area contributed by atoms with E-state index >= 15 is 0 Å². The summed E-state index contributed by atoms with van der Waals surface area (Å²) in [5, 5.41) is 6.98. The molecule has 0 bridgehead atoms. The Bertz CT molecular complexity index is 1190. The van der Waals surface area contributed by atoms with E-state index in [-0.39, 0.29) is 30.6 Å². The molecule has 0 spiro atoms. The highest BCUT2D eigenvalue weighted by Crippen LogP contribution is 2.21. The molecular weight excluding hydrogens is 442 g/mol. The third kappa shape index (κ3) is 5.04. The first kappa shape index (κ1) is 22.9. The number of piperazine rings is 1. The molecule has 0 atom stereocenters. The molecule has 0 radical (unpaired) electrons. The second-order valence-corrected chi connectivity index (χ2v) is 10.0. The fourth-order valence-corrected chi connectivity index (χ4v) is 5.10. The topological polar surface area (TPSA) is 113 Å². The highest BCUT2D eigenvalue weighted by molar-refractivity contribution is 7.89. The van der Waals surface area contributed by atoms with E-state index in [4.69, 9.17) is 0 Å². The van der Waals surface area contributed by atoms with Crippen LogP contribution in [0.3, 0.4) is 0 Å². The maximum atomic E-state index is 13.0. The maximum Gasteiger partial charge on any atom is 0.317 e. The molecule has 10 nitrogen and oxygen atoms in total. The molecule has 0 saturated carbocycles. The smallest absolute Gasteiger partial charge is 0.317 e. The van der Waals surface area contributed by atoms with Crippen LogP contribution >= 0.6 is 0 Å². The molecular formula is C22H27N7O3S. The molecule has 1 N–H and O–H groups in total. The van der Waals surface area contributed by atoms with E-state index < -0.39 is 10.0 Å². The van der Waals surface area contributed by atoms with Crippen LogP contribution in [-0.2, 0) is 16.6 Å². The molecule has 1 aromatic carbocycles. The van der Waals surface area contributed by atoms with Gasteiger partial charge in [-0.1, -0.05) is 32.0 Å². The Labute approximate surface area is 193 Å². The summed E-state index contributed by atoms with van der Waals surface area (Å²) in [7, 11) is -3.59. The van der Waals surface area contributed by atoms with Crippen LogP contribution < -0.4 is 5.32 Å². The first-order chi connectivity index (χ1) is 15.9. The lowest BCUT2D eigenvalue weighted by Gasteiger charge is -2.34. The lowest BCUT2D eigenvalue weighted by molar-refractivity contribution is 0.172. The number of nitrogens with one attached hydrogen (secondary N) is 1. The van der Waals surface area contributed by atoms with E-state index in [0.717, 1.165) is 11.1 Å². The number of carbonyl (C=O) groups excluding carboxylic acids is 1. The normalized spacial score (nSPS) is 15.1. The Morgan fingerprint density at radius 3 is 2.45 bits per heavy atom. The van der Waals surface area contributed by atoms with E-state index in [0.29, 0.717) is 24.8 Å². The van der Waals surface area contributed by atoms with Crippen LogP contribution in [0.1, 0.15) is 30.9 Å². The number of aromatic nitrogens is 4. The number of urea groups is 1. The number of hydrogen-bond donors (Lipinski definition) is 1. The largest absolute Gasteiger partial charge is 0.334 e. The van der Waals surface area contributed by atoms with Crippen molar-refractivity contribution >= 4 is 16.1 Å². The van der Waals surface area contributed by atoms with Gasteiger partial charge in [-0.05, 0) is 29.7 Å². The van der Waals surface area contributed by atoms with E-state index in [9.17, 15) is 13.2 Å². The van der Waals surface area contributed by atoms with Crippen LogP contribution in [0.2, 0.25) is 0 Å². The average molecular weight is 470 g/mol. The highest BCUT2D eigenvalue weighted by Gasteiger charge is 2.30. The van der Waals surface area contributed by atoms with Crippen LogP contribution in [-0.4, -0.2) is 69.6 Å². The second kappa shape index (κ2) is 9.67. The van der Waals surface area contributed by atoms with Crippen molar-refractivity contribution < 1.29 is 13.2 Å². The summed E-state index contributed by atoms with van der Waals surface area (Å²) < 4.78 is 29.0. The van der Waals surface area contributed by atoms with Gasteiger partial charge in [0, 0.05) is 44.5 Å². The Morgan fingerprint density at radius 1 is 1.09 bits per heavy atom. The van der Waals surface area contributed by atoms with Crippen molar-refractivity contribution in [2.45, 2.75) is 31.2 Å². The molecule has 2 aromatic heterocycles. The fourth-order valence-electron chi connectivity index (χ4n) is 3.68. The minimum atomic E-state index is -3.59. The van der Waals surface area contributed by atoms with Gasteiger partial charge < -0.3 is 10.2 Å². The lowest BCUT2D eigenvalue weighted by Crippen LogP contribution is -2.53. The number of sulfonamides is 1. The van der Waals surface area contributed by atoms with Crippen LogP contribution in [0.25, 0.3) is 5.82 Å². The van der Waals surface area contributed by atoms with Gasteiger partial charge >= 0.3 is 6.03 Å². The molecule has 3 aromatic rings. The van der Waals surface area contributed by atoms with Crippen molar-refractivity contribution in [3.8, 4) is 5.82 Å². The van der Waals surface area contributed by atoms with Gasteiger partial charge in [0.25, 0.3) is 0 Å². The maximum absolute atomic E-state index is 13.0. The molecule has 0 aliphatic carbocycles. The zero-order valence-electron chi connectivity index (χ0n) is 18.6. The van der Waals surface area contributed by atoms with Crippen LogP contribution in [0, 0.1) is 0 Å². The van der Waals surface area contributed by atoms with Crippen LogP contribution in [0.15, 0.2) is 60.1 Å². The molecule has 1 aliphatic rings. The number of carbonyl (C=O) groups is 1. The summed E-state index contributed by atoms with van der Waals surface area (Å²) in [5.41, 5.74) is 1.89. The molecule has 174 valence electrons. The Hall–Kier alpha value is -3.31. The minimum Gasteiger partial charge on any atom is -0.334 e. The van der Waals surface area contributed by atoms with Crippen LogP contribution in [0.5, 0.6) is 0 Å². The predicted molar refractivity (Wildman–Crippen MR) is 122 cm³/mol. The van der Waals surface area contributed by atoms with Crippen molar-refractivity contribution in [3.05, 3.63) is 66.4 Å². The fraction of sp³-hybridized carbons (Fsp3) is 0.364. The zero-order valence-corrected chi connectivity index (χ0v) is 19.4. The Morgan fingerprint density at radius 2 is 1.82 bits per heavy atom. The van der Waals surface area contributed by atoms with Gasteiger partial charge in [0.1, 0.15) is 12.7 Å². The predicted octanol–water partition coefficient (Wildman–Crippen LogP) is 2.00. The minimum absolute atomic E-state index is 0.248. The van der Waals surface area contributed by atoms with Crippen molar-refractivity contribution in [2.75, 3.05) is 26.2 Å². The van der Waals surface area contributed by atoms with Gasteiger partial charge in [0.2, 0.25) is 10.0 Å². The molecule has 3 heterocycles. The van der Waals surface area contributed by atoms with Crippen molar-refractivity contribution in [2.24, 2.45) is 0 Å². The summed E-state index contributed by atoms with van der Waals surface area (Å²) in [6.07, 6.45) is 4.62. The number of amides is 2. The van der Waals surface area contributed by atoms with Gasteiger partial charge in [0.05, 0.1) is 4.90 Å². The number of rotatable bonds is 6. The average Bonchev–Trinajstić information content (AvgIpc) is 3.38. The van der Waals surface area contributed by atoms with E-state index in [1.807, 2.05) is 18.2 Å². The molecule has 2 amide bonds.